The topological polar surface area (TPSA) is 78.8 Å². The molecule has 6 nitrogen and oxygen atoms in total. The van der Waals surface area contributed by atoms with Crippen molar-refractivity contribution in [2.24, 2.45) is 4.99 Å². The molecule has 1 aromatic carbocycles. The largest absolute Gasteiger partial charge is 0.389 e. The van der Waals surface area contributed by atoms with Gasteiger partial charge in [-0.25, -0.2) is 4.98 Å². The van der Waals surface area contributed by atoms with Gasteiger partial charge in [-0.1, -0.05) is 48.0 Å². The van der Waals surface area contributed by atoms with Crippen LogP contribution in [-0.2, 0) is 11.2 Å². The summed E-state index contributed by atoms with van der Waals surface area (Å²) in [6, 6.07) is 13.7. The summed E-state index contributed by atoms with van der Waals surface area (Å²) in [5.41, 5.74) is 2.18. The van der Waals surface area contributed by atoms with E-state index >= 15 is 0 Å². The summed E-state index contributed by atoms with van der Waals surface area (Å²) in [5.74, 6) is 0.666. The zero-order valence-corrected chi connectivity index (χ0v) is 19.9. The third-order valence-electron chi connectivity index (χ3n) is 4.11. The second-order valence-electron chi connectivity index (χ2n) is 6.43. The van der Waals surface area contributed by atoms with E-state index < -0.39 is 6.10 Å². The van der Waals surface area contributed by atoms with Crippen LogP contribution < -0.4 is 10.6 Å². The SMILES string of the molecule is CCNC(=NCC(O)COC(C)c1ccccc1)NCCc1ccc(Cl)nc1.I. The number of nitrogens with one attached hydrogen (secondary N) is 2. The van der Waals surface area contributed by atoms with Crippen molar-refractivity contribution in [3.8, 4) is 0 Å². The van der Waals surface area contributed by atoms with Crippen LogP contribution in [0.3, 0.4) is 0 Å². The Balaban J connectivity index is 0.00000420. The van der Waals surface area contributed by atoms with Crippen LogP contribution in [0.25, 0.3) is 0 Å². The minimum atomic E-state index is -0.665. The third-order valence-corrected chi connectivity index (χ3v) is 4.33. The zero-order valence-electron chi connectivity index (χ0n) is 16.8. The average molecular weight is 533 g/mol. The van der Waals surface area contributed by atoms with E-state index in [1.54, 1.807) is 12.3 Å². The van der Waals surface area contributed by atoms with Crippen molar-refractivity contribution in [3.05, 3.63) is 64.9 Å². The summed E-state index contributed by atoms with van der Waals surface area (Å²) >= 11 is 5.80. The second kappa shape index (κ2) is 14.5. The van der Waals surface area contributed by atoms with E-state index in [0.29, 0.717) is 17.7 Å². The molecule has 160 valence electrons. The number of aliphatic imine (C=N–C) groups is 1. The fraction of sp³-hybridized carbons (Fsp3) is 0.429. The normalized spacial score (nSPS) is 13.3. The molecule has 2 unspecified atom stereocenters. The Morgan fingerprint density at radius 3 is 2.62 bits per heavy atom. The number of hydrogen-bond acceptors (Lipinski definition) is 4. The number of rotatable bonds is 10. The molecule has 0 saturated carbocycles. The first-order valence-electron chi connectivity index (χ1n) is 9.55. The van der Waals surface area contributed by atoms with Gasteiger partial charge in [0, 0.05) is 19.3 Å². The molecule has 0 aliphatic rings. The van der Waals surface area contributed by atoms with Crippen LogP contribution in [-0.4, -0.2) is 48.4 Å². The maximum absolute atomic E-state index is 10.2. The summed E-state index contributed by atoms with van der Waals surface area (Å²) in [7, 11) is 0. The lowest BCUT2D eigenvalue weighted by molar-refractivity contribution is 0.00112. The van der Waals surface area contributed by atoms with Crippen molar-refractivity contribution < 1.29 is 9.84 Å². The number of hydrogen-bond donors (Lipinski definition) is 3. The smallest absolute Gasteiger partial charge is 0.191 e. The Bertz CT molecular complexity index is 716. The number of aliphatic hydroxyl groups is 1. The highest BCUT2D eigenvalue weighted by Crippen LogP contribution is 2.15. The van der Waals surface area contributed by atoms with Gasteiger partial charge in [0.15, 0.2) is 5.96 Å². The molecular weight excluding hydrogens is 503 g/mol. The second-order valence-corrected chi connectivity index (χ2v) is 6.81. The van der Waals surface area contributed by atoms with Crippen molar-refractivity contribution in [2.75, 3.05) is 26.2 Å². The molecule has 8 heteroatoms. The van der Waals surface area contributed by atoms with Gasteiger partial charge in [-0.2, -0.15) is 0 Å². The molecular formula is C21H30ClIN4O2. The molecule has 1 aromatic heterocycles. The number of halogens is 2. The van der Waals surface area contributed by atoms with E-state index in [0.717, 1.165) is 24.1 Å². The van der Waals surface area contributed by atoms with Crippen molar-refractivity contribution in [1.29, 1.82) is 0 Å². The first kappa shape index (κ1) is 25.6. The Labute approximate surface area is 195 Å². The van der Waals surface area contributed by atoms with Gasteiger partial charge in [-0.15, -0.1) is 24.0 Å². The van der Waals surface area contributed by atoms with Gasteiger partial charge >= 0.3 is 0 Å². The van der Waals surface area contributed by atoms with Gasteiger partial charge in [0.2, 0.25) is 0 Å². The molecule has 0 aliphatic heterocycles. The van der Waals surface area contributed by atoms with Gasteiger partial charge in [0.1, 0.15) is 5.15 Å². The fourth-order valence-corrected chi connectivity index (χ4v) is 2.66. The first-order valence-corrected chi connectivity index (χ1v) is 9.93. The Kier molecular flexibility index (Phi) is 12.8. The predicted octanol–water partition coefficient (Wildman–Crippen LogP) is 3.59. The van der Waals surface area contributed by atoms with Crippen molar-refractivity contribution in [3.63, 3.8) is 0 Å². The average Bonchev–Trinajstić information content (AvgIpc) is 2.72. The van der Waals surface area contributed by atoms with Crippen LogP contribution in [0.2, 0.25) is 5.15 Å². The lowest BCUT2D eigenvalue weighted by Gasteiger charge is -2.16. The summed E-state index contributed by atoms with van der Waals surface area (Å²) in [4.78, 5) is 8.51. The van der Waals surface area contributed by atoms with Gasteiger partial charge in [-0.3, -0.25) is 4.99 Å². The third kappa shape index (κ3) is 10.3. The number of guanidine groups is 1. The highest BCUT2D eigenvalue weighted by atomic mass is 127. The number of aliphatic hydroxyl groups excluding tert-OH is 1. The Morgan fingerprint density at radius 1 is 1.21 bits per heavy atom. The van der Waals surface area contributed by atoms with Gasteiger partial charge < -0.3 is 20.5 Å². The molecule has 0 radical (unpaired) electrons. The molecule has 29 heavy (non-hydrogen) atoms. The van der Waals surface area contributed by atoms with E-state index in [1.165, 1.54) is 0 Å². The van der Waals surface area contributed by atoms with Crippen LogP contribution in [0.15, 0.2) is 53.7 Å². The first-order chi connectivity index (χ1) is 13.6. The Morgan fingerprint density at radius 2 is 1.97 bits per heavy atom. The summed E-state index contributed by atoms with van der Waals surface area (Å²) in [6.07, 6.45) is 1.83. The number of benzene rings is 1. The van der Waals surface area contributed by atoms with E-state index in [-0.39, 0.29) is 43.2 Å². The molecule has 2 atom stereocenters. The standard InChI is InChI=1S/C21H29ClN4O2.HI/c1-3-23-21(24-12-11-17-9-10-20(22)25-13-17)26-14-19(27)15-28-16(2)18-7-5-4-6-8-18;/h4-10,13,16,19,27H,3,11-12,14-15H2,1-2H3,(H2,23,24,26);1H. The summed E-state index contributed by atoms with van der Waals surface area (Å²) in [5, 5.41) is 17.1. The highest BCUT2D eigenvalue weighted by molar-refractivity contribution is 14.0. The van der Waals surface area contributed by atoms with E-state index in [4.69, 9.17) is 16.3 Å². The predicted molar refractivity (Wildman–Crippen MR) is 129 cm³/mol. The lowest BCUT2D eigenvalue weighted by atomic mass is 10.1. The number of aromatic nitrogens is 1. The van der Waals surface area contributed by atoms with Crippen molar-refractivity contribution in [1.82, 2.24) is 15.6 Å². The van der Waals surface area contributed by atoms with Crippen LogP contribution in [0, 0.1) is 0 Å². The molecule has 0 saturated heterocycles. The molecule has 2 rings (SSSR count). The zero-order chi connectivity index (χ0) is 20.2. The molecule has 1 heterocycles. The lowest BCUT2D eigenvalue weighted by Crippen LogP contribution is -2.39. The van der Waals surface area contributed by atoms with Crippen LogP contribution in [0.4, 0.5) is 0 Å². The molecule has 0 fully saturated rings. The highest BCUT2D eigenvalue weighted by Gasteiger charge is 2.10. The maximum Gasteiger partial charge on any atom is 0.191 e. The number of pyridine rings is 1. The maximum atomic E-state index is 10.2. The minimum Gasteiger partial charge on any atom is -0.389 e. The molecule has 0 bridgehead atoms. The number of ether oxygens (including phenoxy) is 1. The summed E-state index contributed by atoms with van der Waals surface area (Å²) in [6.45, 7) is 5.91. The van der Waals surface area contributed by atoms with E-state index in [2.05, 4.69) is 20.6 Å². The van der Waals surface area contributed by atoms with Gasteiger partial charge in [0.25, 0.3) is 0 Å². The van der Waals surface area contributed by atoms with Crippen LogP contribution in [0.1, 0.15) is 31.1 Å². The minimum absolute atomic E-state index is 0. The van der Waals surface area contributed by atoms with Crippen molar-refractivity contribution >= 4 is 41.5 Å². The monoisotopic (exact) mass is 532 g/mol. The molecule has 0 aliphatic carbocycles. The Hall–Kier alpha value is -1.42. The van der Waals surface area contributed by atoms with E-state index in [1.807, 2.05) is 50.2 Å². The molecule has 0 amide bonds. The van der Waals surface area contributed by atoms with Crippen LogP contribution in [0.5, 0.6) is 0 Å². The molecule has 0 spiro atoms. The molecule has 2 aromatic rings. The molecule has 3 N–H and O–H groups in total. The quantitative estimate of drug-likeness (QED) is 0.189. The fourth-order valence-electron chi connectivity index (χ4n) is 2.55. The van der Waals surface area contributed by atoms with Gasteiger partial charge in [-0.05, 0) is 37.5 Å². The van der Waals surface area contributed by atoms with Crippen LogP contribution >= 0.6 is 35.6 Å². The summed E-state index contributed by atoms with van der Waals surface area (Å²) < 4.78 is 5.75. The number of nitrogens with zero attached hydrogens (tertiary/aromatic N) is 2. The van der Waals surface area contributed by atoms with Gasteiger partial charge in [0.05, 0.1) is 25.4 Å². The van der Waals surface area contributed by atoms with Crippen molar-refractivity contribution in [2.45, 2.75) is 32.5 Å². The van der Waals surface area contributed by atoms with E-state index in [9.17, 15) is 5.11 Å².